The SMILES string of the molecule is CCOC(=O)C(CNC(=O)[C@@H]1CCCN(C(=O)CCC2CCNCC2)C1)c1ccccc1. The molecule has 2 amide bonds. The number of nitrogens with zero attached hydrogens (tertiary/aromatic N) is 1. The summed E-state index contributed by atoms with van der Waals surface area (Å²) in [5.41, 5.74) is 0.824. The molecule has 176 valence electrons. The van der Waals surface area contributed by atoms with Crippen LogP contribution in [0, 0.1) is 11.8 Å². The van der Waals surface area contributed by atoms with Crippen molar-refractivity contribution in [3.63, 3.8) is 0 Å². The molecule has 0 spiro atoms. The molecule has 7 heteroatoms. The van der Waals surface area contributed by atoms with Gasteiger partial charge in [0.1, 0.15) is 0 Å². The van der Waals surface area contributed by atoms with Crippen LogP contribution < -0.4 is 10.6 Å². The molecule has 1 aromatic carbocycles. The van der Waals surface area contributed by atoms with Crippen LogP contribution in [0.3, 0.4) is 0 Å². The molecule has 2 fully saturated rings. The lowest BCUT2D eigenvalue weighted by Crippen LogP contribution is -2.46. The molecule has 32 heavy (non-hydrogen) atoms. The zero-order valence-corrected chi connectivity index (χ0v) is 19.2. The van der Waals surface area contributed by atoms with Crippen molar-refractivity contribution in [3.8, 4) is 0 Å². The third kappa shape index (κ3) is 7.05. The number of esters is 1. The molecule has 2 aliphatic heterocycles. The van der Waals surface area contributed by atoms with Gasteiger partial charge in [-0.25, -0.2) is 0 Å². The van der Waals surface area contributed by atoms with Crippen molar-refractivity contribution in [2.45, 2.75) is 51.4 Å². The van der Waals surface area contributed by atoms with Crippen molar-refractivity contribution in [1.29, 1.82) is 0 Å². The van der Waals surface area contributed by atoms with Crippen molar-refractivity contribution < 1.29 is 19.1 Å². The number of benzene rings is 1. The fraction of sp³-hybridized carbons (Fsp3) is 0.640. The molecule has 2 aliphatic rings. The quantitative estimate of drug-likeness (QED) is 0.573. The summed E-state index contributed by atoms with van der Waals surface area (Å²) in [5, 5.41) is 6.31. The molecule has 1 unspecified atom stereocenters. The third-order valence-corrected chi connectivity index (χ3v) is 6.62. The van der Waals surface area contributed by atoms with E-state index in [-0.39, 0.29) is 30.2 Å². The van der Waals surface area contributed by atoms with Crippen molar-refractivity contribution in [1.82, 2.24) is 15.5 Å². The largest absolute Gasteiger partial charge is 0.465 e. The van der Waals surface area contributed by atoms with Crippen LogP contribution in [0.5, 0.6) is 0 Å². The summed E-state index contributed by atoms with van der Waals surface area (Å²) >= 11 is 0. The lowest BCUT2D eigenvalue weighted by Gasteiger charge is -2.33. The van der Waals surface area contributed by atoms with Gasteiger partial charge in [-0.15, -0.1) is 0 Å². The highest BCUT2D eigenvalue weighted by Gasteiger charge is 2.30. The molecule has 0 bridgehead atoms. The van der Waals surface area contributed by atoms with E-state index in [1.54, 1.807) is 6.92 Å². The number of amides is 2. The number of rotatable bonds is 9. The van der Waals surface area contributed by atoms with Gasteiger partial charge >= 0.3 is 5.97 Å². The van der Waals surface area contributed by atoms with Gasteiger partial charge in [0.2, 0.25) is 11.8 Å². The first-order chi connectivity index (χ1) is 15.6. The van der Waals surface area contributed by atoms with E-state index in [1.165, 1.54) is 0 Å². The van der Waals surface area contributed by atoms with Crippen LogP contribution in [-0.2, 0) is 19.1 Å². The van der Waals surface area contributed by atoms with Crippen LogP contribution in [0.15, 0.2) is 30.3 Å². The Kier molecular flexibility index (Phi) is 9.53. The Hall–Kier alpha value is -2.41. The zero-order valence-electron chi connectivity index (χ0n) is 19.2. The molecular weight excluding hydrogens is 406 g/mol. The summed E-state index contributed by atoms with van der Waals surface area (Å²) in [6.07, 6.45) is 5.38. The fourth-order valence-corrected chi connectivity index (χ4v) is 4.69. The van der Waals surface area contributed by atoms with E-state index in [9.17, 15) is 14.4 Å². The molecule has 2 heterocycles. The maximum atomic E-state index is 12.9. The number of hydrogen-bond donors (Lipinski definition) is 2. The fourth-order valence-electron chi connectivity index (χ4n) is 4.69. The molecular formula is C25H37N3O4. The van der Waals surface area contributed by atoms with E-state index < -0.39 is 5.92 Å². The number of ether oxygens (including phenoxy) is 1. The van der Waals surface area contributed by atoms with E-state index in [0.717, 1.165) is 57.3 Å². The molecule has 0 aliphatic carbocycles. The summed E-state index contributed by atoms with van der Waals surface area (Å²) < 4.78 is 5.21. The zero-order chi connectivity index (χ0) is 22.8. The van der Waals surface area contributed by atoms with Gasteiger partial charge in [-0.2, -0.15) is 0 Å². The van der Waals surface area contributed by atoms with Gasteiger partial charge in [0.25, 0.3) is 0 Å². The van der Waals surface area contributed by atoms with Gasteiger partial charge in [-0.3, -0.25) is 14.4 Å². The second-order valence-corrected chi connectivity index (χ2v) is 8.87. The molecule has 2 saturated heterocycles. The molecule has 0 saturated carbocycles. The Morgan fingerprint density at radius 3 is 2.62 bits per heavy atom. The number of nitrogens with one attached hydrogen (secondary N) is 2. The highest BCUT2D eigenvalue weighted by atomic mass is 16.5. The number of carbonyl (C=O) groups excluding carboxylic acids is 3. The van der Waals surface area contributed by atoms with Gasteiger partial charge in [0.05, 0.1) is 18.4 Å². The van der Waals surface area contributed by atoms with Crippen LogP contribution in [0.25, 0.3) is 0 Å². The Bertz CT molecular complexity index is 749. The van der Waals surface area contributed by atoms with Gasteiger partial charge in [0, 0.05) is 26.1 Å². The van der Waals surface area contributed by atoms with E-state index >= 15 is 0 Å². The second-order valence-electron chi connectivity index (χ2n) is 8.87. The Morgan fingerprint density at radius 2 is 1.91 bits per heavy atom. The highest BCUT2D eigenvalue weighted by Crippen LogP contribution is 2.22. The second kappa shape index (κ2) is 12.6. The van der Waals surface area contributed by atoms with Crippen molar-refractivity contribution >= 4 is 17.8 Å². The topological polar surface area (TPSA) is 87.7 Å². The number of likely N-dealkylation sites (tertiary alicyclic amines) is 1. The Morgan fingerprint density at radius 1 is 1.16 bits per heavy atom. The number of carbonyl (C=O) groups is 3. The Labute approximate surface area is 191 Å². The summed E-state index contributed by atoms with van der Waals surface area (Å²) in [5.74, 6) is -0.406. The maximum absolute atomic E-state index is 12.9. The van der Waals surface area contributed by atoms with Crippen molar-refractivity contribution in [3.05, 3.63) is 35.9 Å². The van der Waals surface area contributed by atoms with E-state index in [4.69, 9.17) is 4.74 Å². The van der Waals surface area contributed by atoms with Gasteiger partial charge in [0.15, 0.2) is 0 Å². The highest BCUT2D eigenvalue weighted by molar-refractivity contribution is 5.83. The smallest absolute Gasteiger partial charge is 0.315 e. The Balaban J connectivity index is 1.50. The predicted molar refractivity (Wildman–Crippen MR) is 123 cm³/mol. The average molecular weight is 444 g/mol. The first-order valence-corrected chi connectivity index (χ1v) is 12.1. The van der Waals surface area contributed by atoms with Crippen molar-refractivity contribution in [2.75, 3.05) is 39.3 Å². The minimum absolute atomic E-state index is 0.0916. The average Bonchev–Trinajstić information content (AvgIpc) is 2.84. The lowest BCUT2D eigenvalue weighted by atomic mass is 9.92. The van der Waals surface area contributed by atoms with Crippen LogP contribution in [0.4, 0.5) is 0 Å². The molecule has 2 N–H and O–H groups in total. The van der Waals surface area contributed by atoms with Gasteiger partial charge in [-0.1, -0.05) is 30.3 Å². The normalized spacial score (nSPS) is 20.4. The monoisotopic (exact) mass is 443 g/mol. The standard InChI is InChI=1S/C25H37N3O4/c1-2-32-25(31)22(20-7-4-3-5-8-20)17-27-24(30)21-9-6-16-28(18-21)23(29)11-10-19-12-14-26-15-13-19/h3-5,7-8,19,21-22,26H,2,6,9-18H2,1H3,(H,27,30)/t21-,22?/m1/s1. The maximum Gasteiger partial charge on any atom is 0.315 e. The van der Waals surface area contributed by atoms with Crippen LogP contribution in [-0.4, -0.2) is 62.0 Å². The third-order valence-electron chi connectivity index (χ3n) is 6.62. The molecule has 7 nitrogen and oxygen atoms in total. The molecule has 1 aromatic rings. The van der Waals surface area contributed by atoms with Crippen molar-refractivity contribution in [2.24, 2.45) is 11.8 Å². The first kappa shape index (κ1) is 24.2. The van der Waals surface area contributed by atoms with E-state index in [2.05, 4.69) is 10.6 Å². The summed E-state index contributed by atoms with van der Waals surface area (Å²) in [7, 11) is 0. The summed E-state index contributed by atoms with van der Waals surface area (Å²) in [6.45, 7) is 5.55. The molecule has 0 radical (unpaired) electrons. The number of piperidine rings is 2. The lowest BCUT2D eigenvalue weighted by molar-refractivity contribution is -0.145. The van der Waals surface area contributed by atoms with E-state index in [0.29, 0.717) is 25.5 Å². The first-order valence-electron chi connectivity index (χ1n) is 12.1. The number of hydrogen-bond acceptors (Lipinski definition) is 5. The molecule has 0 aromatic heterocycles. The molecule has 3 rings (SSSR count). The van der Waals surface area contributed by atoms with Crippen LogP contribution >= 0.6 is 0 Å². The predicted octanol–water partition coefficient (Wildman–Crippen LogP) is 2.47. The summed E-state index contributed by atoms with van der Waals surface area (Å²) in [4.78, 5) is 39.9. The van der Waals surface area contributed by atoms with Gasteiger partial charge < -0.3 is 20.3 Å². The van der Waals surface area contributed by atoms with Crippen LogP contribution in [0.2, 0.25) is 0 Å². The van der Waals surface area contributed by atoms with Crippen LogP contribution in [0.1, 0.15) is 56.9 Å². The summed E-state index contributed by atoms with van der Waals surface area (Å²) in [6, 6.07) is 9.38. The minimum Gasteiger partial charge on any atom is -0.465 e. The van der Waals surface area contributed by atoms with E-state index in [1.807, 2.05) is 35.2 Å². The molecule has 2 atom stereocenters. The minimum atomic E-state index is -0.536. The van der Waals surface area contributed by atoms with Gasteiger partial charge in [-0.05, 0) is 63.6 Å².